The molecule has 0 saturated carbocycles. The molecule has 3 aliphatic heterocycles. The number of amides is 2. The quantitative estimate of drug-likeness (QED) is 0.694. The molecule has 0 radical (unpaired) electrons. The van der Waals surface area contributed by atoms with Gasteiger partial charge >= 0.3 is 0 Å². The average Bonchev–Trinajstić information content (AvgIpc) is 3.32. The third kappa shape index (κ3) is 4.05. The zero-order valence-electron chi connectivity index (χ0n) is 18.9. The van der Waals surface area contributed by atoms with Crippen molar-refractivity contribution >= 4 is 11.8 Å². The molecule has 33 heavy (non-hydrogen) atoms. The van der Waals surface area contributed by atoms with Crippen LogP contribution in [0.25, 0.3) is 0 Å². The zero-order valence-corrected chi connectivity index (χ0v) is 18.9. The lowest BCUT2D eigenvalue weighted by atomic mass is 9.83. The van der Waals surface area contributed by atoms with Gasteiger partial charge in [-0.25, -0.2) is 0 Å². The van der Waals surface area contributed by atoms with E-state index in [4.69, 9.17) is 18.9 Å². The highest BCUT2D eigenvalue weighted by Gasteiger charge is 2.40. The summed E-state index contributed by atoms with van der Waals surface area (Å²) in [5.41, 5.74) is 1.52. The number of ether oxygens (including phenoxy) is 4. The van der Waals surface area contributed by atoms with Crippen molar-refractivity contribution in [2.45, 2.75) is 31.8 Å². The van der Waals surface area contributed by atoms with Gasteiger partial charge in [-0.05, 0) is 54.7 Å². The lowest BCUT2D eigenvalue weighted by Gasteiger charge is -2.47. The molecule has 8 nitrogen and oxygen atoms in total. The fourth-order valence-electron chi connectivity index (χ4n) is 5.13. The van der Waals surface area contributed by atoms with Crippen molar-refractivity contribution in [1.82, 2.24) is 9.80 Å². The fraction of sp³-hybridized carbons (Fsp3) is 0.440. The Morgan fingerprint density at radius 2 is 1.91 bits per heavy atom. The van der Waals surface area contributed by atoms with Crippen LogP contribution in [0.1, 0.15) is 35.2 Å². The highest BCUT2D eigenvalue weighted by atomic mass is 16.7. The number of benzene rings is 2. The second-order valence-electron chi connectivity index (χ2n) is 8.68. The summed E-state index contributed by atoms with van der Waals surface area (Å²) in [7, 11) is 3.14. The van der Waals surface area contributed by atoms with Gasteiger partial charge < -0.3 is 28.7 Å². The summed E-state index contributed by atoms with van der Waals surface area (Å²) in [5, 5.41) is 0. The van der Waals surface area contributed by atoms with E-state index in [-0.39, 0.29) is 30.6 Å². The van der Waals surface area contributed by atoms with Gasteiger partial charge in [0.05, 0.1) is 19.8 Å². The number of fused-ring (bicyclic) bond motifs is 2. The maximum Gasteiger partial charge on any atom is 0.257 e. The van der Waals surface area contributed by atoms with Crippen LogP contribution in [-0.2, 0) is 11.3 Å². The van der Waals surface area contributed by atoms with Gasteiger partial charge in [0.15, 0.2) is 11.5 Å². The van der Waals surface area contributed by atoms with Crippen molar-refractivity contribution in [2.24, 2.45) is 5.92 Å². The molecule has 0 aromatic heterocycles. The second-order valence-corrected chi connectivity index (χ2v) is 8.68. The van der Waals surface area contributed by atoms with E-state index in [0.29, 0.717) is 43.1 Å². The third-order valence-corrected chi connectivity index (χ3v) is 6.86. The molecule has 0 N–H and O–H groups in total. The van der Waals surface area contributed by atoms with Crippen LogP contribution in [0.5, 0.6) is 23.0 Å². The molecule has 2 amide bonds. The van der Waals surface area contributed by atoms with Crippen LogP contribution >= 0.6 is 0 Å². The van der Waals surface area contributed by atoms with Gasteiger partial charge in [-0.2, -0.15) is 0 Å². The molecule has 8 heteroatoms. The first-order valence-electron chi connectivity index (χ1n) is 11.3. The SMILES string of the molecule is COc1ccc(OC)c(C(=O)N2CC[C@@H]3[C@@H](CCC(=O)N3Cc3ccc4c(c3)OCO4)C2)c1. The fourth-order valence-corrected chi connectivity index (χ4v) is 5.13. The van der Waals surface area contributed by atoms with E-state index >= 15 is 0 Å². The van der Waals surface area contributed by atoms with Gasteiger partial charge in [-0.3, -0.25) is 9.59 Å². The number of methoxy groups -OCH3 is 2. The maximum absolute atomic E-state index is 13.4. The summed E-state index contributed by atoms with van der Waals surface area (Å²) in [5.74, 6) is 2.96. The Morgan fingerprint density at radius 3 is 2.73 bits per heavy atom. The Bertz CT molecular complexity index is 1070. The van der Waals surface area contributed by atoms with Gasteiger partial charge in [-0.1, -0.05) is 6.07 Å². The highest BCUT2D eigenvalue weighted by molar-refractivity contribution is 5.97. The number of hydrogen-bond acceptors (Lipinski definition) is 6. The van der Waals surface area contributed by atoms with Crippen molar-refractivity contribution in [2.75, 3.05) is 34.1 Å². The van der Waals surface area contributed by atoms with Gasteiger partial charge in [0.25, 0.3) is 5.91 Å². The summed E-state index contributed by atoms with van der Waals surface area (Å²) in [6.07, 6.45) is 2.04. The number of carbonyl (C=O) groups excluding carboxylic acids is 2. The molecule has 0 aliphatic carbocycles. The van der Waals surface area contributed by atoms with E-state index in [1.807, 2.05) is 28.0 Å². The summed E-state index contributed by atoms with van der Waals surface area (Å²) < 4.78 is 21.6. The van der Waals surface area contributed by atoms with E-state index < -0.39 is 0 Å². The second kappa shape index (κ2) is 8.84. The van der Waals surface area contributed by atoms with Crippen LogP contribution in [0.15, 0.2) is 36.4 Å². The molecule has 174 valence electrons. The predicted molar refractivity (Wildman–Crippen MR) is 120 cm³/mol. The lowest BCUT2D eigenvalue weighted by molar-refractivity contribution is -0.141. The molecule has 2 fully saturated rings. The summed E-state index contributed by atoms with van der Waals surface area (Å²) in [4.78, 5) is 30.1. The Morgan fingerprint density at radius 1 is 1.06 bits per heavy atom. The monoisotopic (exact) mass is 452 g/mol. The molecule has 0 spiro atoms. The van der Waals surface area contributed by atoms with E-state index in [9.17, 15) is 9.59 Å². The smallest absolute Gasteiger partial charge is 0.257 e. The molecule has 3 heterocycles. The maximum atomic E-state index is 13.4. The van der Waals surface area contributed by atoms with Crippen LogP contribution in [0.4, 0.5) is 0 Å². The number of rotatable bonds is 5. The number of carbonyl (C=O) groups is 2. The number of piperidine rings is 2. The standard InChI is InChI=1S/C25H28N2O6/c1-30-18-5-7-21(31-2)19(12-18)25(29)26-10-9-20-17(14-26)4-8-24(28)27(20)13-16-3-6-22-23(11-16)33-15-32-22/h3,5-7,11-12,17,20H,4,8-10,13-15H2,1-2H3/t17-,20+/m0/s1. The first-order valence-corrected chi connectivity index (χ1v) is 11.3. The minimum Gasteiger partial charge on any atom is -0.497 e. The van der Waals surface area contributed by atoms with Crippen LogP contribution in [0.2, 0.25) is 0 Å². The van der Waals surface area contributed by atoms with Crippen molar-refractivity contribution in [1.29, 1.82) is 0 Å². The Hall–Kier alpha value is -3.42. The summed E-state index contributed by atoms with van der Waals surface area (Å²) >= 11 is 0. The van der Waals surface area contributed by atoms with Crippen molar-refractivity contribution in [3.8, 4) is 23.0 Å². The first kappa shape index (κ1) is 21.4. The van der Waals surface area contributed by atoms with Crippen molar-refractivity contribution < 1.29 is 28.5 Å². The third-order valence-electron chi connectivity index (χ3n) is 6.86. The van der Waals surface area contributed by atoms with E-state index in [1.165, 1.54) is 0 Å². The molecule has 2 saturated heterocycles. The molecular formula is C25H28N2O6. The molecule has 0 unspecified atom stereocenters. The lowest BCUT2D eigenvalue weighted by Crippen LogP contribution is -2.56. The van der Waals surface area contributed by atoms with E-state index in [1.54, 1.807) is 32.4 Å². The van der Waals surface area contributed by atoms with Gasteiger partial charge in [0.1, 0.15) is 11.5 Å². The first-order chi connectivity index (χ1) is 16.1. The van der Waals surface area contributed by atoms with Crippen LogP contribution in [0.3, 0.4) is 0 Å². The Labute approximate surface area is 193 Å². The van der Waals surface area contributed by atoms with Crippen molar-refractivity contribution in [3.05, 3.63) is 47.5 Å². The Kier molecular flexibility index (Phi) is 5.74. The molecule has 2 aromatic rings. The number of nitrogens with zero attached hydrogens (tertiary/aromatic N) is 2. The van der Waals surface area contributed by atoms with Crippen LogP contribution in [-0.4, -0.2) is 61.8 Å². The molecule has 3 aliphatic rings. The summed E-state index contributed by atoms with van der Waals surface area (Å²) in [6.45, 7) is 1.97. The minimum atomic E-state index is -0.0663. The topological polar surface area (TPSA) is 77.5 Å². The van der Waals surface area contributed by atoms with Gasteiger partial charge in [0.2, 0.25) is 12.7 Å². The molecule has 2 aromatic carbocycles. The van der Waals surface area contributed by atoms with Crippen LogP contribution in [0, 0.1) is 5.92 Å². The minimum absolute atomic E-state index is 0.0663. The van der Waals surface area contributed by atoms with Crippen LogP contribution < -0.4 is 18.9 Å². The molecular weight excluding hydrogens is 424 g/mol. The molecule has 0 bridgehead atoms. The molecule has 2 atom stereocenters. The van der Waals surface area contributed by atoms with E-state index in [2.05, 4.69) is 0 Å². The number of hydrogen-bond donors (Lipinski definition) is 0. The number of likely N-dealkylation sites (tertiary alicyclic amines) is 2. The normalized spacial score (nSPS) is 21.6. The van der Waals surface area contributed by atoms with Crippen molar-refractivity contribution in [3.63, 3.8) is 0 Å². The highest BCUT2D eigenvalue weighted by Crippen LogP contribution is 2.36. The largest absolute Gasteiger partial charge is 0.497 e. The van der Waals surface area contributed by atoms with E-state index in [0.717, 1.165) is 29.9 Å². The zero-order chi connectivity index (χ0) is 22.9. The average molecular weight is 453 g/mol. The predicted octanol–water partition coefficient (Wildman–Crippen LogP) is 3.09. The van der Waals surface area contributed by atoms with Gasteiger partial charge in [0, 0.05) is 32.1 Å². The molecule has 5 rings (SSSR count). The van der Waals surface area contributed by atoms with Gasteiger partial charge in [-0.15, -0.1) is 0 Å². The summed E-state index contributed by atoms with van der Waals surface area (Å²) in [6, 6.07) is 11.2. The Balaban J connectivity index is 1.31.